The summed E-state index contributed by atoms with van der Waals surface area (Å²) in [5.41, 5.74) is 0. The van der Waals surface area contributed by atoms with Gasteiger partial charge >= 0.3 is 0 Å². The molecule has 0 aliphatic carbocycles. The molecule has 0 bridgehead atoms. The van der Waals surface area contributed by atoms with Crippen molar-refractivity contribution >= 4 is 23.6 Å². The van der Waals surface area contributed by atoms with E-state index >= 15 is 0 Å². The summed E-state index contributed by atoms with van der Waals surface area (Å²) in [6.07, 6.45) is 0. The zero-order chi connectivity index (χ0) is 14.1. The van der Waals surface area contributed by atoms with Crippen LogP contribution in [0.15, 0.2) is 0 Å². The molecule has 0 aromatic heterocycles. The number of carbonyl (C=O) groups excluding carboxylic acids is 2. The third-order valence-electron chi connectivity index (χ3n) is 2.08. The molecular formula is C12H25N3O2S. The van der Waals surface area contributed by atoms with E-state index in [1.807, 2.05) is 27.7 Å². The third-order valence-corrected chi connectivity index (χ3v) is 3.11. The second-order valence-electron chi connectivity index (χ2n) is 4.73. The Kier molecular flexibility index (Phi) is 8.83. The Labute approximate surface area is 114 Å². The highest BCUT2D eigenvalue weighted by Crippen LogP contribution is 2.04. The van der Waals surface area contributed by atoms with Crippen molar-refractivity contribution in [3.8, 4) is 0 Å². The standard InChI is InChI=1S/C12H25N3O2S/c1-8(2)14-10(12(17)15-9(3)4)6-18-7-11(16)13-5/h8-10,14H,6-7H2,1-5H3,(H,13,16)(H,15,17). The average Bonchev–Trinajstić information content (AvgIpc) is 2.25. The van der Waals surface area contributed by atoms with E-state index in [1.165, 1.54) is 11.8 Å². The van der Waals surface area contributed by atoms with E-state index in [9.17, 15) is 9.59 Å². The van der Waals surface area contributed by atoms with Gasteiger partial charge in [-0.25, -0.2) is 0 Å². The Hall–Kier alpha value is -0.750. The number of rotatable bonds is 8. The lowest BCUT2D eigenvalue weighted by atomic mass is 10.2. The third kappa shape index (κ3) is 8.36. The first-order valence-corrected chi connectivity index (χ1v) is 7.37. The fourth-order valence-electron chi connectivity index (χ4n) is 1.33. The van der Waals surface area contributed by atoms with Gasteiger partial charge in [-0.2, -0.15) is 0 Å². The first-order valence-electron chi connectivity index (χ1n) is 6.21. The molecule has 2 amide bonds. The molecule has 0 aliphatic rings. The van der Waals surface area contributed by atoms with Crippen molar-refractivity contribution in [1.29, 1.82) is 0 Å². The molecule has 3 N–H and O–H groups in total. The van der Waals surface area contributed by atoms with E-state index in [0.717, 1.165) is 0 Å². The molecule has 5 nitrogen and oxygen atoms in total. The fraction of sp³-hybridized carbons (Fsp3) is 0.833. The van der Waals surface area contributed by atoms with Crippen molar-refractivity contribution in [2.24, 2.45) is 0 Å². The Morgan fingerprint density at radius 1 is 1.11 bits per heavy atom. The lowest BCUT2D eigenvalue weighted by Crippen LogP contribution is -2.50. The first-order chi connectivity index (χ1) is 8.36. The summed E-state index contributed by atoms with van der Waals surface area (Å²) in [6.45, 7) is 7.86. The van der Waals surface area contributed by atoms with Gasteiger partial charge < -0.3 is 16.0 Å². The van der Waals surface area contributed by atoms with Gasteiger partial charge in [-0.15, -0.1) is 11.8 Å². The minimum absolute atomic E-state index is 0.0110. The van der Waals surface area contributed by atoms with Crippen molar-refractivity contribution in [2.75, 3.05) is 18.6 Å². The molecule has 0 fully saturated rings. The van der Waals surface area contributed by atoms with Crippen LogP contribution >= 0.6 is 11.8 Å². The topological polar surface area (TPSA) is 70.2 Å². The minimum Gasteiger partial charge on any atom is -0.358 e. The van der Waals surface area contributed by atoms with Crippen LogP contribution < -0.4 is 16.0 Å². The fourth-order valence-corrected chi connectivity index (χ4v) is 2.26. The molecule has 0 aromatic rings. The predicted molar refractivity (Wildman–Crippen MR) is 76.7 cm³/mol. The van der Waals surface area contributed by atoms with Gasteiger partial charge in [0.2, 0.25) is 11.8 Å². The Morgan fingerprint density at radius 2 is 1.72 bits per heavy atom. The molecule has 18 heavy (non-hydrogen) atoms. The maximum absolute atomic E-state index is 11.9. The van der Waals surface area contributed by atoms with Crippen LogP contribution in [0.3, 0.4) is 0 Å². The van der Waals surface area contributed by atoms with Crippen molar-refractivity contribution in [1.82, 2.24) is 16.0 Å². The van der Waals surface area contributed by atoms with Crippen LogP contribution in [0.5, 0.6) is 0 Å². The largest absolute Gasteiger partial charge is 0.358 e. The number of amides is 2. The lowest BCUT2D eigenvalue weighted by Gasteiger charge is -2.21. The normalized spacial score (nSPS) is 12.6. The quantitative estimate of drug-likeness (QED) is 0.598. The highest BCUT2D eigenvalue weighted by atomic mass is 32.2. The summed E-state index contributed by atoms with van der Waals surface area (Å²) in [7, 11) is 1.61. The smallest absolute Gasteiger partial charge is 0.238 e. The van der Waals surface area contributed by atoms with Gasteiger partial charge in [0.15, 0.2) is 0 Å². The molecule has 6 heteroatoms. The van der Waals surface area contributed by atoms with Crippen LogP contribution in [0, 0.1) is 0 Å². The molecule has 0 spiro atoms. The van der Waals surface area contributed by atoms with Crippen molar-refractivity contribution in [3.63, 3.8) is 0 Å². The Morgan fingerprint density at radius 3 is 2.17 bits per heavy atom. The van der Waals surface area contributed by atoms with Gasteiger partial charge in [-0.3, -0.25) is 9.59 Å². The molecule has 0 rings (SSSR count). The average molecular weight is 275 g/mol. The summed E-state index contributed by atoms with van der Waals surface area (Å²) < 4.78 is 0. The van der Waals surface area contributed by atoms with Gasteiger partial charge in [0.1, 0.15) is 0 Å². The van der Waals surface area contributed by atoms with E-state index in [0.29, 0.717) is 11.5 Å². The minimum atomic E-state index is -0.262. The van der Waals surface area contributed by atoms with Gasteiger partial charge in [-0.05, 0) is 13.8 Å². The molecule has 0 heterocycles. The van der Waals surface area contributed by atoms with Crippen molar-refractivity contribution in [3.05, 3.63) is 0 Å². The summed E-state index contributed by atoms with van der Waals surface area (Å²) in [4.78, 5) is 23.1. The zero-order valence-electron chi connectivity index (χ0n) is 11.9. The van der Waals surface area contributed by atoms with Crippen molar-refractivity contribution < 1.29 is 9.59 Å². The van der Waals surface area contributed by atoms with Crippen LogP contribution in [0.2, 0.25) is 0 Å². The number of nitrogens with one attached hydrogen (secondary N) is 3. The second-order valence-corrected chi connectivity index (χ2v) is 5.76. The molecule has 0 radical (unpaired) electrons. The van der Waals surface area contributed by atoms with Crippen molar-refractivity contribution in [2.45, 2.75) is 45.8 Å². The van der Waals surface area contributed by atoms with E-state index in [1.54, 1.807) is 7.05 Å². The van der Waals surface area contributed by atoms with Crippen LogP contribution in [0.1, 0.15) is 27.7 Å². The van der Waals surface area contributed by atoms with Gasteiger partial charge in [0, 0.05) is 24.9 Å². The SMILES string of the molecule is CNC(=O)CSCC(NC(C)C)C(=O)NC(C)C. The highest BCUT2D eigenvalue weighted by Gasteiger charge is 2.19. The summed E-state index contributed by atoms with van der Waals surface area (Å²) >= 11 is 1.46. The Balaban J connectivity index is 4.22. The van der Waals surface area contributed by atoms with Crippen LogP contribution in [-0.2, 0) is 9.59 Å². The van der Waals surface area contributed by atoms with E-state index in [2.05, 4.69) is 16.0 Å². The van der Waals surface area contributed by atoms with E-state index in [-0.39, 0.29) is 29.9 Å². The summed E-state index contributed by atoms with van der Waals surface area (Å²) in [5, 5.41) is 8.66. The molecular weight excluding hydrogens is 250 g/mol. The van der Waals surface area contributed by atoms with E-state index < -0.39 is 0 Å². The molecule has 1 unspecified atom stereocenters. The summed E-state index contributed by atoms with van der Waals surface area (Å²) in [6, 6.07) is 0.0912. The molecule has 0 aliphatic heterocycles. The van der Waals surface area contributed by atoms with Crippen LogP contribution in [-0.4, -0.2) is 48.5 Å². The molecule has 0 saturated carbocycles. The maximum Gasteiger partial charge on any atom is 0.238 e. The number of hydrogen-bond donors (Lipinski definition) is 3. The predicted octanol–water partition coefficient (Wildman–Crippen LogP) is 0.357. The van der Waals surface area contributed by atoms with Gasteiger partial charge in [0.05, 0.1) is 11.8 Å². The second kappa shape index (κ2) is 9.22. The summed E-state index contributed by atoms with van der Waals surface area (Å²) in [5.74, 6) is 0.932. The van der Waals surface area contributed by atoms with Gasteiger partial charge in [0.25, 0.3) is 0 Å². The Bertz CT molecular complexity index is 270. The molecule has 106 valence electrons. The molecule has 1 atom stereocenters. The van der Waals surface area contributed by atoms with Crippen LogP contribution in [0.4, 0.5) is 0 Å². The lowest BCUT2D eigenvalue weighted by molar-refractivity contribution is -0.123. The molecule has 0 aromatic carbocycles. The molecule has 0 saturated heterocycles. The number of carbonyl (C=O) groups is 2. The van der Waals surface area contributed by atoms with E-state index in [4.69, 9.17) is 0 Å². The first kappa shape index (κ1) is 17.2. The monoisotopic (exact) mass is 275 g/mol. The number of hydrogen-bond acceptors (Lipinski definition) is 4. The highest BCUT2D eigenvalue weighted by molar-refractivity contribution is 8.00. The van der Waals surface area contributed by atoms with Gasteiger partial charge in [-0.1, -0.05) is 13.8 Å². The zero-order valence-corrected chi connectivity index (χ0v) is 12.7. The maximum atomic E-state index is 11.9. The number of thioether (sulfide) groups is 1. The van der Waals surface area contributed by atoms with Crippen LogP contribution in [0.25, 0.3) is 0 Å².